The van der Waals surface area contributed by atoms with Crippen molar-refractivity contribution in [2.45, 2.75) is 25.9 Å². The molecule has 0 heterocycles. The first-order chi connectivity index (χ1) is 8.31. The summed E-state index contributed by atoms with van der Waals surface area (Å²) >= 11 is 0. The average Bonchev–Trinajstić information content (AvgIpc) is 2.38. The van der Waals surface area contributed by atoms with Crippen LogP contribution in [0.5, 0.6) is 11.5 Å². The lowest BCUT2D eigenvalue weighted by atomic mass is 10.2. The Bertz CT molecular complexity index is 385. The molecule has 4 nitrogen and oxygen atoms in total. The van der Waals surface area contributed by atoms with Crippen LogP contribution in [0.2, 0.25) is 0 Å². The second-order valence-electron chi connectivity index (χ2n) is 3.61. The Morgan fingerprint density at radius 1 is 1.29 bits per heavy atom. The number of methoxy groups -OCH3 is 1. The molecule has 0 spiro atoms. The molecular formula is C13H17NO3. The third kappa shape index (κ3) is 4.33. The molecule has 0 amide bonds. The minimum absolute atomic E-state index is 0.0191. The summed E-state index contributed by atoms with van der Waals surface area (Å²) in [6, 6.07) is 7.43. The number of nitrogens with zero attached hydrogens (tertiary/aromatic N) is 1. The molecule has 1 aromatic carbocycles. The summed E-state index contributed by atoms with van der Waals surface area (Å²) in [6.45, 7) is 0.529. The summed E-state index contributed by atoms with van der Waals surface area (Å²) in [6.07, 6.45) is 2.22. The van der Waals surface area contributed by atoms with Crippen molar-refractivity contribution < 1.29 is 14.6 Å². The number of benzene rings is 1. The van der Waals surface area contributed by atoms with Crippen LogP contribution in [0, 0.1) is 11.3 Å². The lowest BCUT2D eigenvalue weighted by Gasteiger charge is -2.11. The van der Waals surface area contributed by atoms with Crippen LogP contribution in [-0.4, -0.2) is 18.8 Å². The van der Waals surface area contributed by atoms with Crippen LogP contribution in [0.1, 0.15) is 24.8 Å². The van der Waals surface area contributed by atoms with E-state index in [0.29, 0.717) is 24.5 Å². The van der Waals surface area contributed by atoms with Crippen LogP contribution in [0.25, 0.3) is 0 Å². The first-order valence-corrected chi connectivity index (χ1v) is 5.59. The van der Waals surface area contributed by atoms with E-state index < -0.39 is 0 Å². The molecule has 0 atom stereocenters. The maximum absolute atomic E-state index is 9.03. The largest absolute Gasteiger partial charge is 0.493 e. The van der Waals surface area contributed by atoms with E-state index in [-0.39, 0.29) is 6.61 Å². The summed E-state index contributed by atoms with van der Waals surface area (Å²) in [4.78, 5) is 0. The zero-order chi connectivity index (χ0) is 12.5. The van der Waals surface area contributed by atoms with Crippen LogP contribution in [-0.2, 0) is 6.61 Å². The Balaban J connectivity index is 2.53. The monoisotopic (exact) mass is 235 g/mol. The highest BCUT2D eigenvalue weighted by Crippen LogP contribution is 2.28. The van der Waals surface area contributed by atoms with Crippen LogP contribution in [0.3, 0.4) is 0 Å². The highest BCUT2D eigenvalue weighted by Gasteiger charge is 2.05. The molecule has 0 aromatic heterocycles. The quantitative estimate of drug-likeness (QED) is 0.736. The van der Waals surface area contributed by atoms with Crippen molar-refractivity contribution in [1.82, 2.24) is 0 Å². The van der Waals surface area contributed by atoms with Crippen molar-refractivity contribution in [3.63, 3.8) is 0 Å². The first-order valence-electron chi connectivity index (χ1n) is 5.59. The van der Waals surface area contributed by atoms with Crippen LogP contribution >= 0.6 is 0 Å². The van der Waals surface area contributed by atoms with E-state index in [2.05, 4.69) is 6.07 Å². The summed E-state index contributed by atoms with van der Waals surface area (Å²) in [7, 11) is 1.58. The van der Waals surface area contributed by atoms with Crippen molar-refractivity contribution in [1.29, 1.82) is 5.26 Å². The van der Waals surface area contributed by atoms with Gasteiger partial charge in [0.1, 0.15) is 0 Å². The van der Waals surface area contributed by atoms with Crippen molar-refractivity contribution in [3.05, 3.63) is 23.8 Å². The molecule has 1 N–H and O–H groups in total. The van der Waals surface area contributed by atoms with E-state index in [1.807, 2.05) is 0 Å². The fourth-order valence-electron chi connectivity index (χ4n) is 1.42. The molecule has 4 heteroatoms. The van der Waals surface area contributed by atoms with E-state index in [1.165, 1.54) is 0 Å². The van der Waals surface area contributed by atoms with Gasteiger partial charge < -0.3 is 14.6 Å². The summed E-state index contributed by atoms with van der Waals surface area (Å²) < 4.78 is 10.7. The van der Waals surface area contributed by atoms with Gasteiger partial charge in [-0.25, -0.2) is 0 Å². The fraction of sp³-hybridized carbons (Fsp3) is 0.462. The number of rotatable bonds is 7. The molecule has 0 aliphatic carbocycles. The van der Waals surface area contributed by atoms with Gasteiger partial charge in [-0.3, -0.25) is 0 Å². The normalized spacial score (nSPS) is 9.71. The molecule has 0 saturated heterocycles. The van der Waals surface area contributed by atoms with Crippen molar-refractivity contribution in [2.75, 3.05) is 13.7 Å². The number of unbranched alkanes of at least 4 members (excludes halogenated alkanes) is 2. The molecule has 92 valence electrons. The Morgan fingerprint density at radius 2 is 2.12 bits per heavy atom. The molecule has 0 unspecified atom stereocenters. The van der Waals surface area contributed by atoms with Gasteiger partial charge in [-0.1, -0.05) is 6.07 Å². The van der Waals surface area contributed by atoms with Gasteiger partial charge in [0, 0.05) is 6.42 Å². The number of hydrogen-bond acceptors (Lipinski definition) is 4. The summed E-state index contributed by atoms with van der Waals surface area (Å²) in [5.74, 6) is 1.29. The van der Waals surface area contributed by atoms with Gasteiger partial charge in [0.2, 0.25) is 0 Å². The van der Waals surface area contributed by atoms with Gasteiger partial charge in [0.25, 0.3) is 0 Å². The van der Waals surface area contributed by atoms with Gasteiger partial charge >= 0.3 is 0 Å². The molecule has 0 fully saturated rings. The standard InChI is InChI=1S/C13H17NO3/c1-16-12-6-5-11(10-15)9-13(12)17-8-4-2-3-7-14/h5-6,9,15H,2-4,8,10H2,1H3. The molecule has 1 rings (SSSR count). The lowest BCUT2D eigenvalue weighted by molar-refractivity contribution is 0.273. The Hall–Kier alpha value is -1.73. The minimum atomic E-state index is -0.0191. The van der Waals surface area contributed by atoms with E-state index in [4.69, 9.17) is 19.8 Å². The van der Waals surface area contributed by atoms with E-state index in [9.17, 15) is 0 Å². The van der Waals surface area contributed by atoms with E-state index >= 15 is 0 Å². The molecule has 0 saturated carbocycles. The molecule has 0 aliphatic rings. The second kappa shape index (κ2) is 7.53. The number of ether oxygens (including phenoxy) is 2. The van der Waals surface area contributed by atoms with E-state index in [1.54, 1.807) is 25.3 Å². The molecule has 1 aromatic rings. The van der Waals surface area contributed by atoms with Crippen molar-refractivity contribution in [2.24, 2.45) is 0 Å². The van der Waals surface area contributed by atoms with Gasteiger partial charge in [-0.2, -0.15) is 5.26 Å². The first kappa shape index (κ1) is 13.3. The average molecular weight is 235 g/mol. The van der Waals surface area contributed by atoms with E-state index in [0.717, 1.165) is 18.4 Å². The molecular weight excluding hydrogens is 218 g/mol. The molecule has 0 aliphatic heterocycles. The zero-order valence-electron chi connectivity index (χ0n) is 9.98. The predicted molar refractivity (Wildman–Crippen MR) is 63.9 cm³/mol. The lowest BCUT2D eigenvalue weighted by Crippen LogP contribution is -2.00. The Morgan fingerprint density at radius 3 is 2.76 bits per heavy atom. The molecule has 17 heavy (non-hydrogen) atoms. The van der Waals surface area contributed by atoms with Gasteiger partial charge in [-0.15, -0.1) is 0 Å². The third-order valence-corrected chi connectivity index (χ3v) is 2.35. The molecule has 0 bridgehead atoms. The maximum atomic E-state index is 9.03. The Kier molecular flexibility index (Phi) is 5.91. The highest BCUT2D eigenvalue weighted by atomic mass is 16.5. The number of hydrogen-bond donors (Lipinski definition) is 1. The highest BCUT2D eigenvalue weighted by molar-refractivity contribution is 5.42. The Labute approximate surface area is 101 Å². The number of aliphatic hydroxyl groups is 1. The number of aliphatic hydroxyl groups excluding tert-OH is 1. The van der Waals surface area contributed by atoms with Crippen molar-refractivity contribution >= 4 is 0 Å². The van der Waals surface area contributed by atoms with Crippen LogP contribution in [0.15, 0.2) is 18.2 Å². The van der Waals surface area contributed by atoms with Gasteiger partial charge in [-0.05, 0) is 30.5 Å². The van der Waals surface area contributed by atoms with Crippen molar-refractivity contribution in [3.8, 4) is 17.6 Å². The minimum Gasteiger partial charge on any atom is -0.493 e. The second-order valence-corrected chi connectivity index (χ2v) is 3.61. The topological polar surface area (TPSA) is 62.5 Å². The fourth-order valence-corrected chi connectivity index (χ4v) is 1.42. The molecule has 0 radical (unpaired) electrons. The number of nitriles is 1. The van der Waals surface area contributed by atoms with Gasteiger partial charge in [0.15, 0.2) is 11.5 Å². The van der Waals surface area contributed by atoms with Crippen LogP contribution < -0.4 is 9.47 Å². The smallest absolute Gasteiger partial charge is 0.161 e. The SMILES string of the molecule is COc1ccc(CO)cc1OCCCCC#N. The summed E-state index contributed by atoms with van der Waals surface area (Å²) in [5.41, 5.74) is 0.790. The zero-order valence-corrected chi connectivity index (χ0v) is 9.98. The van der Waals surface area contributed by atoms with Gasteiger partial charge in [0.05, 0.1) is 26.4 Å². The maximum Gasteiger partial charge on any atom is 0.161 e. The summed E-state index contributed by atoms with van der Waals surface area (Å²) in [5, 5.41) is 17.4. The van der Waals surface area contributed by atoms with Crippen LogP contribution in [0.4, 0.5) is 0 Å². The predicted octanol–water partition coefficient (Wildman–Crippen LogP) is 2.26. The third-order valence-electron chi connectivity index (χ3n) is 2.35.